The van der Waals surface area contributed by atoms with Crippen LogP contribution in [0.2, 0.25) is 0 Å². The van der Waals surface area contributed by atoms with E-state index in [1.807, 2.05) is 37.3 Å². The van der Waals surface area contributed by atoms with Gasteiger partial charge in [0.25, 0.3) is 0 Å². The lowest BCUT2D eigenvalue weighted by Gasteiger charge is -2.15. The number of ether oxygens (including phenoxy) is 1. The van der Waals surface area contributed by atoms with E-state index in [-0.39, 0.29) is 36.3 Å². The summed E-state index contributed by atoms with van der Waals surface area (Å²) < 4.78 is 29.5. The normalized spacial score (nSPS) is 12.2. The van der Waals surface area contributed by atoms with Gasteiger partial charge in [-0.2, -0.15) is 8.78 Å². The van der Waals surface area contributed by atoms with Gasteiger partial charge in [-0.3, -0.25) is 0 Å². The van der Waals surface area contributed by atoms with Gasteiger partial charge in [0.2, 0.25) is 0 Å². The fraction of sp³-hybridized carbons (Fsp3) is 0.350. The third kappa shape index (κ3) is 8.39. The Morgan fingerprint density at radius 1 is 1.07 bits per heavy atom. The number of aliphatic imine (C=N–C) groups is 1. The topological polar surface area (TPSA) is 65.9 Å². The molecule has 0 fully saturated rings. The van der Waals surface area contributed by atoms with Gasteiger partial charge in [-0.1, -0.05) is 48.5 Å². The van der Waals surface area contributed by atoms with Crippen molar-refractivity contribution >= 4 is 29.9 Å². The number of halogens is 3. The van der Waals surface area contributed by atoms with Crippen LogP contribution < -0.4 is 15.4 Å². The van der Waals surface area contributed by atoms with Crippen molar-refractivity contribution in [1.29, 1.82) is 0 Å². The van der Waals surface area contributed by atoms with Crippen LogP contribution in [0.3, 0.4) is 0 Å². The Morgan fingerprint density at radius 3 is 2.43 bits per heavy atom. The van der Waals surface area contributed by atoms with Crippen molar-refractivity contribution in [3.05, 3.63) is 65.7 Å². The highest BCUT2D eigenvalue weighted by Crippen LogP contribution is 2.21. The zero-order valence-electron chi connectivity index (χ0n) is 15.6. The summed E-state index contributed by atoms with van der Waals surface area (Å²) in [7, 11) is 0. The lowest BCUT2D eigenvalue weighted by molar-refractivity contribution is -0.0504. The van der Waals surface area contributed by atoms with E-state index in [1.54, 1.807) is 18.2 Å². The number of hydrogen-bond acceptors (Lipinski definition) is 3. The number of nitrogens with zero attached hydrogens (tertiary/aromatic N) is 1. The molecule has 0 aliphatic rings. The Morgan fingerprint density at radius 2 is 1.75 bits per heavy atom. The van der Waals surface area contributed by atoms with E-state index in [9.17, 15) is 13.9 Å². The third-order valence-corrected chi connectivity index (χ3v) is 3.83. The van der Waals surface area contributed by atoms with Gasteiger partial charge in [0.05, 0.1) is 12.6 Å². The number of alkyl halides is 2. The molecule has 0 saturated carbocycles. The highest BCUT2D eigenvalue weighted by Gasteiger charge is 2.10. The van der Waals surface area contributed by atoms with Crippen LogP contribution in [-0.2, 0) is 6.54 Å². The summed E-state index contributed by atoms with van der Waals surface area (Å²) in [5.74, 6) is 0.663. The van der Waals surface area contributed by atoms with E-state index in [0.29, 0.717) is 31.0 Å². The minimum Gasteiger partial charge on any atom is -0.434 e. The van der Waals surface area contributed by atoms with E-state index in [4.69, 9.17) is 0 Å². The fourth-order valence-corrected chi connectivity index (χ4v) is 2.52. The second-order valence-corrected chi connectivity index (χ2v) is 5.82. The maximum atomic E-state index is 12.5. The van der Waals surface area contributed by atoms with Gasteiger partial charge in [-0.15, -0.1) is 24.0 Å². The van der Waals surface area contributed by atoms with Crippen LogP contribution in [0.4, 0.5) is 8.78 Å². The molecule has 0 spiro atoms. The van der Waals surface area contributed by atoms with Crippen molar-refractivity contribution < 1.29 is 18.6 Å². The Bertz CT molecular complexity index is 718. The molecule has 0 bridgehead atoms. The molecule has 154 valence electrons. The van der Waals surface area contributed by atoms with Gasteiger partial charge in [-0.05, 0) is 25.0 Å². The number of aliphatic hydroxyl groups excluding tert-OH is 1. The Kier molecular flexibility index (Phi) is 11.4. The zero-order chi connectivity index (χ0) is 19.5. The first-order valence-corrected chi connectivity index (χ1v) is 8.88. The van der Waals surface area contributed by atoms with Crippen LogP contribution >= 0.6 is 24.0 Å². The third-order valence-electron chi connectivity index (χ3n) is 3.83. The molecular weight excluding hydrogens is 479 g/mol. The van der Waals surface area contributed by atoms with Crippen molar-refractivity contribution in [2.24, 2.45) is 4.99 Å². The summed E-state index contributed by atoms with van der Waals surface area (Å²) in [6.07, 6.45) is -0.0544. The van der Waals surface area contributed by atoms with Gasteiger partial charge in [-0.25, -0.2) is 4.99 Å². The monoisotopic (exact) mass is 505 g/mol. The minimum atomic E-state index is -2.87. The molecule has 2 aromatic carbocycles. The van der Waals surface area contributed by atoms with Crippen molar-refractivity contribution in [3.8, 4) is 5.75 Å². The summed E-state index contributed by atoms with van der Waals surface area (Å²) in [5.41, 5.74) is 1.43. The van der Waals surface area contributed by atoms with E-state index in [2.05, 4.69) is 20.4 Å². The molecule has 5 nitrogen and oxygen atoms in total. The summed E-state index contributed by atoms with van der Waals surface area (Å²) in [6.45, 7) is 0.420. The molecule has 0 aromatic heterocycles. The zero-order valence-corrected chi connectivity index (χ0v) is 18.0. The smallest absolute Gasteiger partial charge is 0.387 e. The Balaban J connectivity index is 0.00000392. The molecule has 1 unspecified atom stereocenters. The second kappa shape index (κ2) is 13.3. The van der Waals surface area contributed by atoms with Gasteiger partial charge < -0.3 is 20.5 Å². The number of aliphatic hydroxyl groups is 1. The van der Waals surface area contributed by atoms with Crippen LogP contribution in [0.15, 0.2) is 59.6 Å². The van der Waals surface area contributed by atoms with Gasteiger partial charge in [0.1, 0.15) is 5.75 Å². The number of guanidine groups is 1. The largest absolute Gasteiger partial charge is 0.434 e. The van der Waals surface area contributed by atoms with Gasteiger partial charge >= 0.3 is 6.61 Å². The van der Waals surface area contributed by atoms with E-state index < -0.39 is 12.7 Å². The summed E-state index contributed by atoms with van der Waals surface area (Å²) in [4.78, 5) is 4.41. The lowest BCUT2D eigenvalue weighted by atomic mass is 10.1. The molecule has 0 saturated heterocycles. The Labute approximate surface area is 181 Å². The number of hydrogen-bond donors (Lipinski definition) is 3. The van der Waals surface area contributed by atoms with Gasteiger partial charge in [0, 0.05) is 18.7 Å². The first-order valence-electron chi connectivity index (χ1n) is 8.88. The first kappa shape index (κ1) is 24.1. The molecule has 28 heavy (non-hydrogen) atoms. The maximum absolute atomic E-state index is 12.5. The molecule has 0 radical (unpaired) electrons. The second-order valence-electron chi connectivity index (χ2n) is 5.82. The average molecular weight is 505 g/mol. The molecule has 0 aliphatic heterocycles. The van der Waals surface area contributed by atoms with E-state index in [0.717, 1.165) is 5.56 Å². The molecular formula is C20H26F2IN3O2. The van der Waals surface area contributed by atoms with Crippen molar-refractivity contribution in [3.63, 3.8) is 0 Å². The van der Waals surface area contributed by atoms with Crippen molar-refractivity contribution in [2.75, 3.05) is 13.1 Å². The molecule has 0 aliphatic carbocycles. The predicted molar refractivity (Wildman–Crippen MR) is 117 cm³/mol. The SMILES string of the molecule is CCNC(=NCc1ccccc1OC(F)F)NCCC(O)c1ccccc1.I. The molecule has 2 rings (SSSR count). The van der Waals surface area contributed by atoms with Crippen LogP contribution in [0.5, 0.6) is 5.75 Å². The number of nitrogens with one attached hydrogen (secondary N) is 2. The average Bonchev–Trinajstić information content (AvgIpc) is 2.67. The standard InChI is InChI=1S/C20H25F2N3O2.HI/c1-2-23-20(24-13-12-17(26)15-8-4-3-5-9-15)25-14-16-10-6-7-11-18(16)27-19(21)22;/h3-11,17,19,26H,2,12-14H2,1H3,(H2,23,24,25);1H. The number of para-hydroxylation sites is 1. The maximum Gasteiger partial charge on any atom is 0.387 e. The first-order chi connectivity index (χ1) is 13.1. The van der Waals surface area contributed by atoms with Crippen LogP contribution in [0.25, 0.3) is 0 Å². The summed E-state index contributed by atoms with van der Waals surface area (Å²) in [6, 6.07) is 16.0. The molecule has 2 aromatic rings. The Hall–Kier alpha value is -1.94. The quantitative estimate of drug-likeness (QED) is 0.273. The molecule has 0 heterocycles. The summed E-state index contributed by atoms with van der Waals surface area (Å²) in [5, 5.41) is 16.4. The van der Waals surface area contributed by atoms with Crippen LogP contribution in [0.1, 0.15) is 30.6 Å². The van der Waals surface area contributed by atoms with Crippen molar-refractivity contribution in [1.82, 2.24) is 10.6 Å². The van der Waals surface area contributed by atoms with Gasteiger partial charge in [0.15, 0.2) is 5.96 Å². The van der Waals surface area contributed by atoms with Crippen LogP contribution in [0, 0.1) is 0 Å². The number of rotatable bonds is 9. The van der Waals surface area contributed by atoms with E-state index >= 15 is 0 Å². The van der Waals surface area contributed by atoms with Crippen molar-refractivity contribution in [2.45, 2.75) is 32.6 Å². The van der Waals surface area contributed by atoms with E-state index in [1.165, 1.54) is 6.07 Å². The summed E-state index contributed by atoms with van der Waals surface area (Å²) >= 11 is 0. The number of benzene rings is 2. The predicted octanol–water partition coefficient (Wildman–Crippen LogP) is 4.08. The highest BCUT2D eigenvalue weighted by molar-refractivity contribution is 14.0. The van der Waals surface area contributed by atoms with Crippen LogP contribution in [-0.4, -0.2) is 30.8 Å². The molecule has 1 atom stereocenters. The molecule has 8 heteroatoms. The fourth-order valence-electron chi connectivity index (χ4n) is 2.52. The molecule has 0 amide bonds. The lowest BCUT2D eigenvalue weighted by Crippen LogP contribution is -2.38. The molecule has 3 N–H and O–H groups in total. The highest BCUT2D eigenvalue weighted by atomic mass is 127. The minimum absolute atomic E-state index is 0.